The number of aliphatic hydroxyl groups is 2. The van der Waals surface area contributed by atoms with Crippen LogP contribution in [0.3, 0.4) is 0 Å². The number of hydrogen-bond acceptors (Lipinski definition) is 6. The smallest absolute Gasteiger partial charge is 0.348 e. The molecule has 2 aliphatic rings. The first-order valence-electron chi connectivity index (χ1n) is 12.7. The third-order valence-corrected chi connectivity index (χ3v) is 9.47. The summed E-state index contributed by atoms with van der Waals surface area (Å²) in [6.07, 6.45) is 5.69. The number of thiophene rings is 1. The molecule has 1 atom stereocenters. The second kappa shape index (κ2) is 11.1. The van der Waals surface area contributed by atoms with Crippen LogP contribution in [0.4, 0.5) is 5.69 Å². The number of benzene rings is 1. The summed E-state index contributed by atoms with van der Waals surface area (Å²) in [6, 6.07) is 8.53. The van der Waals surface area contributed by atoms with E-state index in [4.69, 9.17) is 0 Å². The first-order chi connectivity index (χ1) is 17.1. The van der Waals surface area contributed by atoms with E-state index in [2.05, 4.69) is 6.92 Å². The molecule has 2 fully saturated rings. The van der Waals surface area contributed by atoms with Gasteiger partial charge in [-0.3, -0.25) is 9.36 Å². The highest BCUT2D eigenvalue weighted by atomic mass is 32.1. The van der Waals surface area contributed by atoms with Crippen molar-refractivity contribution in [2.45, 2.75) is 82.7 Å². The number of aromatic carboxylic acids is 1. The van der Waals surface area contributed by atoms with E-state index in [9.17, 15) is 29.5 Å². The number of carbonyl (C=O) groups is 2. The van der Waals surface area contributed by atoms with Gasteiger partial charge < -0.3 is 20.2 Å². The molecule has 0 spiro atoms. The van der Waals surface area contributed by atoms with Gasteiger partial charge in [0.25, 0.3) is 0 Å². The van der Waals surface area contributed by atoms with Crippen LogP contribution in [0.1, 0.15) is 80.4 Å². The predicted molar refractivity (Wildman–Crippen MR) is 141 cm³/mol. The van der Waals surface area contributed by atoms with Crippen molar-refractivity contribution in [2.24, 2.45) is 11.8 Å². The number of nitrogens with zero attached hydrogens (tertiary/aromatic N) is 1. The molecule has 2 saturated carbocycles. The average Bonchev–Trinajstić information content (AvgIpc) is 3.31. The Bertz CT molecular complexity index is 1100. The average molecular weight is 532 g/mol. The first-order valence-corrected chi connectivity index (χ1v) is 14.3. The van der Waals surface area contributed by atoms with Crippen LogP contribution in [-0.2, 0) is 14.7 Å². The number of amides is 1. The van der Waals surface area contributed by atoms with Gasteiger partial charge in [-0.15, -0.1) is 11.3 Å². The maximum absolute atomic E-state index is 13.9. The maximum Gasteiger partial charge on any atom is 0.348 e. The van der Waals surface area contributed by atoms with Crippen LogP contribution in [0.5, 0.6) is 0 Å². The summed E-state index contributed by atoms with van der Waals surface area (Å²) >= 11 is 1.13. The van der Waals surface area contributed by atoms with E-state index in [1.807, 2.05) is 0 Å². The zero-order chi connectivity index (χ0) is 26.0. The molecule has 2 aliphatic carbocycles. The van der Waals surface area contributed by atoms with Gasteiger partial charge in [0, 0.05) is 16.8 Å². The molecule has 1 heterocycles. The molecule has 0 saturated heterocycles. The fraction of sp³-hybridized carbons (Fsp3) is 0.556. The van der Waals surface area contributed by atoms with E-state index in [1.165, 1.54) is 6.92 Å². The van der Waals surface area contributed by atoms with Gasteiger partial charge in [-0.2, -0.15) is 0 Å². The lowest BCUT2D eigenvalue weighted by Crippen LogP contribution is -2.47. The summed E-state index contributed by atoms with van der Waals surface area (Å²) in [6.45, 7) is 3.66. The summed E-state index contributed by atoms with van der Waals surface area (Å²) in [5.41, 5.74) is 1.68. The minimum Gasteiger partial charge on any atom is -0.477 e. The fourth-order valence-corrected chi connectivity index (χ4v) is 6.62. The van der Waals surface area contributed by atoms with E-state index in [-0.39, 0.29) is 28.8 Å². The highest BCUT2D eigenvalue weighted by molar-refractivity contribution is 7.25. The zero-order valence-corrected chi connectivity index (χ0v) is 22.4. The quantitative estimate of drug-likeness (QED) is 0.376. The normalized spacial score (nSPS) is 26.3. The van der Waals surface area contributed by atoms with Crippen LogP contribution in [0, 0.1) is 11.8 Å². The van der Waals surface area contributed by atoms with Crippen molar-refractivity contribution < 1.29 is 29.5 Å². The summed E-state index contributed by atoms with van der Waals surface area (Å²) in [4.78, 5) is 28.8. The van der Waals surface area contributed by atoms with E-state index < -0.39 is 19.8 Å². The molecular weight excluding hydrogens is 497 g/mol. The lowest BCUT2D eigenvalue weighted by Gasteiger charge is -2.38. The molecule has 7 nitrogen and oxygen atoms in total. The van der Waals surface area contributed by atoms with E-state index in [1.54, 1.807) is 35.2 Å². The monoisotopic (exact) mass is 531 g/mol. The number of carboxylic acids is 1. The number of aliphatic hydroxyl groups excluding tert-OH is 1. The Morgan fingerprint density at radius 1 is 1.03 bits per heavy atom. The summed E-state index contributed by atoms with van der Waals surface area (Å²) in [5.74, 6) is -0.599. The highest BCUT2D eigenvalue weighted by Crippen LogP contribution is 2.42. The van der Waals surface area contributed by atoms with Crippen LogP contribution < -0.4 is 4.90 Å². The molecular formula is C27H34NO6PS. The summed E-state index contributed by atoms with van der Waals surface area (Å²) in [7, 11) is -0.408. The number of hydrogen-bond donors (Lipinski definition) is 3. The molecule has 0 radical (unpaired) electrons. The lowest BCUT2D eigenvalue weighted by molar-refractivity contribution is -0.124. The number of carbonyl (C=O) groups excluding carboxylic acids is 1. The first kappa shape index (κ1) is 26.9. The molecule has 194 valence electrons. The largest absolute Gasteiger partial charge is 0.477 e. The van der Waals surface area contributed by atoms with Gasteiger partial charge in [-0.25, -0.2) is 4.79 Å². The Morgan fingerprint density at radius 2 is 1.64 bits per heavy atom. The lowest BCUT2D eigenvalue weighted by atomic mass is 9.81. The molecule has 1 amide bonds. The van der Waals surface area contributed by atoms with Crippen LogP contribution in [-0.4, -0.2) is 39.3 Å². The third kappa shape index (κ3) is 5.72. The Morgan fingerprint density at radius 3 is 2.19 bits per heavy atom. The highest BCUT2D eigenvalue weighted by Gasteiger charge is 2.37. The van der Waals surface area contributed by atoms with Gasteiger partial charge in [0.1, 0.15) is 4.88 Å². The van der Waals surface area contributed by atoms with Gasteiger partial charge in [0.05, 0.1) is 11.8 Å². The van der Waals surface area contributed by atoms with Crippen LogP contribution in [0.2, 0.25) is 0 Å². The molecule has 1 aromatic heterocycles. The number of carboxylic acid groups (broad SMARTS) is 1. The molecule has 0 bridgehead atoms. The molecule has 1 aromatic carbocycles. The number of anilines is 1. The van der Waals surface area contributed by atoms with Gasteiger partial charge >= 0.3 is 5.97 Å². The van der Waals surface area contributed by atoms with Crippen molar-refractivity contribution >= 4 is 37.4 Å². The van der Waals surface area contributed by atoms with Gasteiger partial charge in [0.2, 0.25) is 5.91 Å². The fourth-order valence-electron chi connectivity index (χ4n) is 5.37. The predicted octanol–water partition coefficient (Wildman–Crippen LogP) is 6.03. The van der Waals surface area contributed by atoms with Crippen LogP contribution >= 0.6 is 19.8 Å². The molecule has 3 N–H and O–H groups in total. The SMILES string of the molecule is CC1CCC(C(=O)N(c2cc(-c3ccc(C(C)(O)P=O)cc3)sc2C(=O)O)C2CCC(O)CC2)CC1. The second-order valence-corrected chi connectivity index (χ2v) is 12.6. The number of rotatable bonds is 7. The van der Waals surface area contributed by atoms with Gasteiger partial charge in [-0.05, 0) is 81.4 Å². The minimum atomic E-state index is -1.50. The molecule has 2 aromatic rings. The minimum absolute atomic E-state index is 0.00371. The van der Waals surface area contributed by atoms with Crippen molar-refractivity contribution in [3.63, 3.8) is 0 Å². The van der Waals surface area contributed by atoms with Crippen LogP contribution in [0.15, 0.2) is 30.3 Å². The molecule has 1 unspecified atom stereocenters. The van der Waals surface area contributed by atoms with Crippen molar-refractivity contribution in [3.8, 4) is 10.4 Å². The van der Waals surface area contributed by atoms with E-state index in [0.29, 0.717) is 47.7 Å². The Balaban J connectivity index is 1.72. The topological polar surface area (TPSA) is 115 Å². The molecule has 0 aliphatic heterocycles. The van der Waals surface area contributed by atoms with Crippen LogP contribution in [0.25, 0.3) is 10.4 Å². The molecule has 36 heavy (non-hydrogen) atoms. The molecule has 9 heteroatoms. The Hall–Kier alpha value is -2.12. The van der Waals surface area contributed by atoms with Crippen molar-refractivity contribution in [3.05, 3.63) is 40.8 Å². The van der Waals surface area contributed by atoms with Crippen molar-refractivity contribution in [2.75, 3.05) is 4.90 Å². The molecule has 4 rings (SSSR count). The van der Waals surface area contributed by atoms with Crippen molar-refractivity contribution in [1.82, 2.24) is 0 Å². The summed E-state index contributed by atoms with van der Waals surface area (Å²) in [5, 5.41) is 28.9. The van der Waals surface area contributed by atoms with E-state index >= 15 is 0 Å². The zero-order valence-electron chi connectivity index (χ0n) is 20.7. The second-order valence-electron chi connectivity index (χ2n) is 10.4. The standard InChI is InChI=1S/C27H34NO6PS/c1-16-3-5-18(6-4-16)25(30)28(20-11-13-21(29)14-12-20)22-15-23(36-24(22)26(31)32)17-7-9-19(10-8-17)27(2,33)35-34/h7-10,15-16,18,20-21,29,33H,3-6,11-14H2,1-2H3,(H,31,32). The Kier molecular flexibility index (Phi) is 8.30. The summed E-state index contributed by atoms with van der Waals surface area (Å²) < 4.78 is 11.3. The third-order valence-electron chi connectivity index (χ3n) is 7.69. The maximum atomic E-state index is 13.9. The Labute approximate surface area is 217 Å². The van der Waals surface area contributed by atoms with E-state index in [0.717, 1.165) is 42.6 Å². The van der Waals surface area contributed by atoms with Gasteiger partial charge in [-0.1, -0.05) is 31.2 Å². The van der Waals surface area contributed by atoms with Gasteiger partial charge in [0.15, 0.2) is 13.8 Å². The van der Waals surface area contributed by atoms with Crippen molar-refractivity contribution in [1.29, 1.82) is 0 Å².